The van der Waals surface area contributed by atoms with Gasteiger partial charge in [0, 0.05) is 43.7 Å². The second kappa shape index (κ2) is 10.5. The third kappa shape index (κ3) is 5.97. The molecule has 0 bridgehead atoms. The van der Waals surface area contributed by atoms with E-state index in [4.69, 9.17) is 9.47 Å². The minimum Gasteiger partial charge on any atom is -0.484 e. The Morgan fingerprint density at radius 1 is 1.03 bits per heavy atom. The third-order valence-corrected chi connectivity index (χ3v) is 5.78. The van der Waals surface area contributed by atoms with Crippen molar-refractivity contribution in [3.63, 3.8) is 0 Å². The maximum Gasteiger partial charge on any atom is 0.262 e. The molecule has 6 nitrogen and oxygen atoms in total. The smallest absolute Gasteiger partial charge is 0.262 e. The monoisotopic (exact) mass is 409 g/mol. The number of piperidine rings is 1. The quantitative estimate of drug-likeness (QED) is 0.699. The molecular formula is C24H31N3O3. The molecule has 2 fully saturated rings. The Morgan fingerprint density at radius 3 is 2.50 bits per heavy atom. The number of carbonyl (C=O) groups excluding carboxylic acids is 1. The number of para-hydroxylation sites is 1. The van der Waals surface area contributed by atoms with E-state index in [9.17, 15) is 4.79 Å². The van der Waals surface area contributed by atoms with Gasteiger partial charge in [-0.25, -0.2) is 0 Å². The van der Waals surface area contributed by atoms with E-state index in [1.165, 1.54) is 18.5 Å². The van der Waals surface area contributed by atoms with Gasteiger partial charge in [-0.1, -0.05) is 18.2 Å². The molecule has 6 heteroatoms. The molecule has 2 heterocycles. The van der Waals surface area contributed by atoms with Crippen LogP contribution in [0.2, 0.25) is 0 Å². The van der Waals surface area contributed by atoms with Crippen LogP contribution in [-0.4, -0.2) is 50.9 Å². The van der Waals surface area contributed by atoms with Crippen LogP contribution in [-0.2, 0) is 9.53 Å². The maximum atomic E-state index is 12.1. The zero-order chi connectivity index (χ0) is 20.6. The number of nitrogens with one attached hydrogen (secondary N) is 2. The summed E-state index contributed by atoms with van der Waals surface area (Å²) in [5.41, 5.74) is 1.99. The molecule has 2 saturated heterocycles. The number of amides is 1. The highest BCUT2D eigenvalue weighted by Crippen LogP contribution is 2.22. The van der Waals surface area contributed by atoms with Crippen molar-refractivity contribution in [2.75, 3.05) is 43.1 Å². The second-order valence-corrected chi connectivity index (χ2v) is 8.00. The zero-order valence-corrected chi connectivity index (χ0v) is 17.4. The topological polar surface area (TPSA) is 62.8 Å². The number of carbonyl (C=O) groups is 1. The Labute approximate surface area is 178 Å². The molecule has 0 unspecified atom stereocenters. The van der Waals surface area contributed by atoms with Gasteiger partial charge in [0.2, 0.25) is 0 Å². The van der Waals surface area contributed by atoms with E-state index in [0.717, 1.165) is 44.8 Å². The molecule has 2 N–H and O–H groups in total. The van der Waals surface area contributed by atoms with E-state index in [0.29, 0.717) is 17.9 Å². The highest BCUT2D eigenvalue weighted by molar-refractivity contribution is 5.92. The summed E-state index contributed by atoms with van der Waals surface area (Å²) in [6.45, 7) is 3.98. The van der Waals surface area contributed by atoms with Crippen LogP contribution in [0.15, 0.2) is 54.6 Å². The number of benzene rings is 2. The van der Waals surface area contributed by atoms with Crippen molar-refractivity contribution in [3.05, 3.63) is 54.6 Å². The summed E-state index contributed by atoms with van der Waals surface area (Å²) >= 11 is 0. The average Bonchev–Trinajstić information content (AvgIpc) is 3.32. The molecular weight excluding hydrogens is 378 g/mol. The molecule has 160 valence electrons. The van der Waals surface area contributed by atoms with Gasteiger partial charge in [-0.15, -0.1) is 0 Å². The van der Waals surface area contributed by atoms with E-state index in [2.05, 4.69) is 27.7 Å². The molecule has 2 aliphatic heterocycles. The van der Waals surface area contributed by atoms with Crippen molar-refractivity contribution in [3.8, 4) is 5.75 Å². The number of hydrogen-bond acceptors (Lipinski definition) is 5. The average molecular weight is 410 g/mol. The van der Waals surface area contributed by atoms with Gasteiger partial charge in [-0.3, -0.25) is 4.79 Å². The van der Waals surface area contributed by atoms with Gasteiger partial charge in [0.05, 0.1) is 6.10 Å². The molecule has 2 aliphatic rings. The van der Waals surface area contributed by atoms with Gasteiger partial charge >= 0.3 is 0 Å². The first kappa shape index (κ1) is 20.7. The predicted octanol–water partition coefficient (Wildman–Crippen LogP) is 3.44. The molecule has 0 saturated carbocycles. The van der Waals surface area contributed by atoms with Crippen LogP contribution in [0, 0.1) is 0 Å². The summed E-state index contributed by atoms with van der Waals surface area (Å²) in [7, 11) is 0. The number of ether oxygens (including phenoxy) is 2. The standard InChI is InChI=1S/C24H31N3O3/c28-24(18-30-22-5-2-1-3-6-22)26-20-8-10-21(11-9-20)27-14-12-19(13-15-27)25-17-23-7-4-16-29-23/h1-3,5-6,8-11,19,23,25H,4,7,12-18H2,(H,26,28)/t23-/m1/s1. The Kier molecular flexibility index (Phi) is 7.21. The summed E-state index contributed by atoms with van der Waals surface area (Å²) < 4.78 is 11.2. The van der Waals surface area contributed by atoms with Crippen molar-refractivity contribution < 1.29 is 14.3 Å². The number of nitrogens with zero attached hydrogens (tertiary/aromatic N) is 1. The lowest BCUT2D eigenvalue weighted by molar-refractivity contribution is -0.118. The highest BCUT2D eigenvalue weighted by atomic mass is 16.5. The van der Waals surface area contributed by atoms with Crippen LogP contribution in [0.1, 0.15) is 25.7 Å². The molecule has 30 heavy (non-hydrogen) atoms. The molecule has 1 atom stereocenters. The van der Waals surface area contributed by atoms with Crippen LogP contribution in [0.3, 0.4) is 0 Å². The Balaban J connectivity index is 1.18. The van der Waals surface area contributed by atoms with Crippen molar-refractivity contribution in [2.24, 2.45) is 0 Å². The minimum absolute atomic E-state index is 0.00181. The van der Waals surface area contributed by atoms with E-state index < -0.39 is 0 Å². The first-order chi connectivity index (χ1) is 14.8. The maximum absolute atomic E-state index is 12.1. The molecule has 0 aliphatic carbocycles. The van der Waals surface area contributed by atoms with Crippen molar-refractivity contribution in [2.45, 2.75) is 37.8 Å². The summed E-state index contributed by atoms with van der Waals surface area (Å²) in [4.78, 5) is 14.5. The number of rotatable bonds is 8. The fraction of sp³-hybridized carbons (Fsp3) is 0.458. The molecule has 0 radical (unpaired) electrons. The molecule has 2 aromatic carbocycles. The second-order valence-electron chi connectivity index (χ2n) is 8.00. The SMILES string of the molecule is O=C(COc1ccccc1)Nc1ccc(N2CCC(NC[C@H]3CCCO3)CC2)cc1. The van der Waals surface area contributed by atoms with Crippen molar-refractivity contribution in [1.29, 1.82) is 0 Å². The lowest BCUT2D eigenvalue weighted by Crippen LogP contribution is -2.44. The van der Waals surface area contributed by atoms with Crippen molar-refractivity contribution in [1.82, 2.24) is 5.32 Å². The summed E-state index contributed by atoms with van der Waals surface area (Å²) in [6.07, 6.45) is 5.07. The van der Waals surface area contributed by atoms with Crippen LogP contribution >= 0.6 is 0 Å². The van der Waals surface area contributed by atoms with E-state index in [1.807, 2.05) is 42.5 Å². The first-order valence-corrected chi connectivity index (χ1v) is 10.9. The van der Waals surface area contributed by atoms with Gasteiger partial charge in [-0.2, -0.15) is 0 Å². The predicted molar refractivity (Wildman–Crippen MR) is 119 cm³/mol. The third-order valence-electron chi connectivity index (χ3n) is 5.78. The fourth-order valence-electron chi connectivity index (χ4n) is 4.06. The summed E-state index contributed by atoms with van der Waals surface area (Å²) in [6, 6.07) is 18.0. The van der Waals surface area contributed by atoms with Crippen LogP contribution in [0.25, 0.3) is 0 Å². The normalized spacial score (nSPS) is 19.6. The fourth-order valence-corrected chi connectivity index (χ4v) is 4.06. The van der Waals surface area contributed by atoms with Gasteiger partial charge in [0.25, 0.3) is 5.91 Å². The Hall–Kier alpha value is -2.57. The molecule has 1 amide bonds. The lowest BCUT2D eigenvalue weighted by atomic mass is 10.0. The molecule has 2 aromatic rings. The van der Waals surface area contributed by atoms with Gasteiger partial charge in [-0.05, 0) is 62.1 Å². The minimum atomic E-state index is -0.162. The van der Waals surface area contributed by atoms with E-state index in [-0.39, 0.29) is 12.5 Å². The van der Waals surface area contributed by atoms with Crippen LogP contribution in [0.5, 0.6) is 5.75 Å². The van der Waals surface area contributed by atoms with E-state index >= 15 is 0 Å². The van der Waals surface area contributed by atoms with Crippen molar-refractivity contribution >= 4 is 17.3 Å². The molecule has 4 rings (SSSR count). The van der Waals surface area contributed by atoms with Crippen LogP contribution < -0.4 is 20.3 Å². The zero-order valence-electron chi connectivity index (χ0n) is 17.4. The largest absolute Gasteiger partial charge is 0.484 e. The van der Waals surface area contributed by atoms with Gasteiger partial charge in [0.15, 0.2) is 6.61 Å². The molecule has 0 aromatic heterocycles. The number of anilines is 2. The Morgan fingerprint density at radius 2 is 1.80 bits per heavy atom. The van der Waals surface area contributed by atoms with Gasteiger partial charge in [0.1, 0.15) is 5.75 Å². The van der Waals surface area contributed by atoms with Crippen LogP contribution in [0.4, 0.5) is 11.4 Å². The highest BCUT2D eigenvalue weighted by Gasteiger charge is 2.21. The summed E-state index contributed by atoms with van der Waals surface area (Å²) in [5, 5.41) is 6.57. The number of hydrogen-bond donors (Lipinski definition) is 2. The summed E-state index contributed by atoms with van der Waals surface area (Å²) in [5.74, 6) is 0.529. The first-order valence-electron chi connectivity index (χ1n) is 10.9. The van der Waals surface area contributed by atoms with E-state index in [1.54, 1.807) is 0 Å². The molecule has 0 spiro atoms. The lowest BCUT2D eigenvalue weighted by Gasteiger charge is -2.34. The van der Waals surface area contributed by atoms with Gasteiger partial charge < -0.3 is 25.0 Å². The Bertz CT molecular complexity index is 783.